The molecule has 0 aliphatic carbocycles. The maximum atomic E-state index is 10.5. The molecule has 5 heteroatoms. The molecule has 2 heterocycles. The Kier molecular flexibility index (Phi) is 8.83. The van der Waals surface area contributed by atoms with Crippen molar-refractivity contribution in [1.29, 1.82) is 0 Å². The molecule has 0 spiro atoms. The molecule has 1 N–H and O–H groups in total. The smallest absolute Gasteiger partial charge is 0.230 e. The molecule has 4 nitrogen and oxygen atoms in total. The summed E-state index contributed by atoms with van der Waals surface area (Å²) < 4.78 is 6.17. The van der Waals surface area contributed by atoms with Gasteiger partial charge in [-0.2, -0.15) is 0 Å². The van der Waals surface area contributed by atoms with E-state index in [4.69, 9.17) is 14.4 Å². The Labute approximate surface area is 293 Å². The van der Waals surface area contributed by atoms with Gasteiger partial charge in [0.1, 0.15) is 11.3 Å². The van der Waals surface area contributed by atoms with Gasteiger partial charge in [0.2, 0.25) is 5.89 Å². The zero-order chi connectivity index (χ0) is 31.6. The molecule has 0 amide bonds. The van der Waals surface area contributed by atoms with E-state index in [2.05, 4.69) is 84.9 Å². The molecule has 8 rings (SSSR count). The molecular weight excluding hydrogens is 772 g/mol. The van der Waals surface area contributed by atoms with Gasteiger partial charge >= 0.3 is 0 Å². The molecule has 0 saturated heterocycles. The molecule has 0 aliphatic heterocycles. The minimum absolute atomic E-state index is 0. The number of phenolic OH excluding ortho intramolecular Hbond substituents is 1. The largest absolute Gasteiger partial charge is 0.507 e. The zero-order valence-corrected chi connectivity index (χ0v) is 28.1. The number of nitrogens with zero attached hydrogens (tertiary/aromatic N) is 2. The number of rotatable bonds is 7. The van der Waals surface area contributed by atoms with Crippen molar-refractivity contribution in [2.24, 2.45) is 0 Å². The van der Waals surface area contributed by atoms with Crippen LogP contribution < -0.4 is 0 Å². The molecule has 2 aromatic heterocycles. The summed E-state index contributed by atoms with van der Waals surface area (Å²) in [5.41, 5.74) is 12.2. The first-order chi connectivity index (χ1) is 23.2. The summed E-state index contributed by atoms with van der Waals surface area (Å²) in [5.74, 6) is 0.490. The normalized spacial score (nSPS) is 10.9. The summed E-state index contributed by atoms with van der Waals surface area (Å²) in [5, 5.41) is 10.5. The third-order valence-electron chi connectivity index (χ3n) is 8.37. The van der Waals surface area contributed by atoms with Crippen molar-refractivity contribution < 1.29 is 30.6 Å². The van der Waals surface area contributed by atoms with Gasteiger partial charge in [-0.1, -0.05) is 132 Å². The van der Waals surface area contributed by atoms with Crippen molar-refractivity contribution in [3.8, 4) is 61.8 Å². The minimum Gasteiger partial charge on any atom is -0.507 e. The Bertz CT molecular complexity index is 2350. The van der Waals surface area contributed by atoms with Crippen LogP contribution >= 0.6 is 0 Å². The molecular formula is C43H29N2O2Pt-. The van der Waals surface area contributed by atoms with Gasteiger partial charge in [0.05, 0.1) is 11.1 Å². The molecule has 0 aliphatic rings. The van der Waals surface area contributed by atoms with Crippen LogP contribution in [0.2, 0.25) is 0 Å². The van der Waals surface area contributed by atoms with E-state index in [0.29, 0.717) is 22.6 Å². The number of pyridine rings is 1. The van der Waals surface area contributed by atoms with Gasteiger partial charge in [-0.15, -0.1) is 23.8 Å². The second kappa shape index (κ2) is 13.7. The fraction of sp³-hybridized carbons (Fsp3) is 0.0233. The summed E-state index contributed by atoms with van der Waals surface area (Å²) in [6, 6.07) is 54.7. The molecule has 0 radical (unpaired) electrons. The first-order valence-corrected chi connectivity index (χ1v) is 15.6. The quantitative estimate of drug-likeness (QED) is 0.163. The SMILES string of the molecule is Oc1ccccc1-c1nc2c(-c3[c-]c(-c4cc(-c5ccccc5)ccn4)cc(-c4cccc(Cc5ccccc5)c4)c3)cccc2o1.[Pt]. The standard InChI is InChI=1S/C43H29N2O2.Pt/c46-40-19-8-7-17-38(40)43-45-42-37(18-10-20-41(42)47-43)35-25-34(32-16-9-13-30(24-32)23-29-11-3-1-4-12-29)26-36(27-35)39-28-33(21-22-44-39)31-14-5-2-6-15-31;/h1-22,24-26,28,46H,23H2;/q-1;. The number of hydrogen-bond donors (Lipinski definition) is 1. The molecule has 0 saturated carbocycles. The molecule has 234 valence electrons. The van der Waals surface area contributed by atoms with E-state index >= 15 is 0 Å². The molecule has 0 bridgehead atoms. The third-order valence-corrected chi connectivity index (χ3v) is 8.37. The molecule has 6 aromatic carbocycles. The first-order valence-electron chi connectivity index (χ1n) is 15.6. The van der Waals surface area contributed by atoms with Crippen molar-refractivity contribution >= 4 is 11.1 Å². The third kappa shape index (κ3) is 6.36. The van der Waals surface area contributed by atoms with Gasteiger partial charge in [-0.3, -0.25) is 4.98 Å². The average molecular weight is 801 g/mol. The van der Waals surface area contributed by atoms with Gasteiger partial charge in [0.25, 0.3) is 0 Å². The van der Waals surface area contributed by atoms with Crippen LogP contribution in [0.1, 0.15) is 11.1 Å². The number of oxazole rings is 1. The van der Waals surface area contributed by atoms with Gasteiger partial charge in [-0.25, -0.2) is 4.98 Å². The van der Waals surface area contributed by atoms with Gasteiger partial charge in [-0.05, 0) is 58.5 Å². The Balaban J connectivity index is 0.00000364. The van der Waals surface area contributed by atoms with E-state index in [-0.39, 0.29) is 26.8 Å². The Morgan fingerprint density at radius 3 is 2.06 bits per heavy atom. The maximum Gasteiger partial charge on any atom is 0.230 e. The number of hydrogen-bond acceptors (Lipinski definition) is 4. The van der Waals surface area contributed by atoms with Crippen LogP contribution in [0, 0.1) is 6.07 Å². The Hall–Kier alpha value is -5.57. The topological polar surface area (TPSA) is 59.2 Å². The van der Waals surface area contributed by atoms with Crippen LogP contribution in [-0.4, -0.2) is 15.1 Å². The van der Waals surface area contributed by atoms with E-state index in [9.17, 15) is 5.11 Å². The average Bonchev–Trinajstić information content (AvgIpc) is 3.57. The fourth-order valence-corrected chi connectivity index (χ4v) is 6.04. The summed E-state index contributed by atoms with van der Waals surface area (Å²) >= 11 is 0. The second-order valence-corrected chi connectivity index (χ2v) is 11.5. The van der Waals surface area contributed by atoms with Crippen molar-refractivity contribution in [2.45, 2.75) is 6.42 Å². The van der Waals surface area contributed by atoms with Crippen molar-refractivity contribution in [2.75, 3.05) is 0 Å². The summed E-state index contributed by atoms with van der Waals surface area (Å²) in [7, 11) is 0. The van der Waals surface area contributed by atoms with Gasteiger partial charge in [0.15, 0.2) is 0 Å². The van der Waals surface area contributed by atoms with E-state index in [1.54, 1.807) is 18.2 Å². The summed E-state index contributed by atoms with van der Waals surface area (Å²) in [6.07, 6.45) is 2.71. The predicted octanol–water partition coefficient (Wildman–Crippen LogP) is 10.7. The van der Waals surface area contributed by atoms with Crippen molar-refractivity contribution in [3.63, 3.8) is 0 Å². The molecule has 48 heavy (non-hydrogen) atoms. The number of fused-ring (bicyclic) bond motifs is 1. The van der Waals surface area contributed by atoms with E-state index in [0.717, 1.165) is 51.1 Å². The molecule has 0 fully saturated rings. The maximum absolute atomic E-state index is 10.5. The fourth-order valence-electron chi connectivity index (χ4n) is 6.04. The van der Waals surface area contributed by atoms with Crippen LogP contribution in [0.3, 0.4) is 0 Å². The van der Waals surface area contributed by atoms with Gasteiger partial charge < -0.3 is 9.52 Å². The predicted molar refractivity (Wildman–Crippen MR) is 189 cm³/mol. The number of aromatic hydroxyl groups is 1. The van der Waals surface area contributed by atoms with Crippen LogP contribution in [0.4, 0.5) is 0 Å². The van der Waals surface area contributed by atoms with Gasteiger partial charge in [0, 0.05) is 33.0 Å². The summed E-state index contributed by atoms with van der Waals surface area (Å²) in [4.78, 5) is 9.68. The number of phenols is 1. The van der Waals surface area contributed by atoms with Crippen LogP contribution in [0.5, 0.6) is 5.75 Å². The minimum atomic E-state index is 0. The number of aromatic nitrogens is 2. The molecule has 0 unspecified atom stereocenters. The molecule has 8 aromatic rings. The van der Waals surface area contributed by atoms with Crippen molar-refractivity contribution in [3.05, 3.63) is 175 Å². The van der Waals surface area contributed by atoms with Crippen LogP contribution in [-0.2, 0) is 27.5 Å². The van der Waals surface area contributed by atoms with E-state index < -0.39 is 0 Å². The zero-order valence-electron chi connectivity index (χ0n) is 25.8. The van der Waals surface area contributed by atoms with E-state index in [1.807, 2.05) is 60.8 Å². The summed E-state index contributed by atoms with van der Waals surface area (Å²) in [6.45, 7) is 0. The van der Waals surface area contributed by atoms with E-state index in [1.165, 1.54) is 11.1 Å². The van der Waals surface area contributed by atoms with Crippen molar-refractivity contribution in [1.82, 2.24) is 9.97 Å². The second-order valence-electron chi connectivity index (χ2n) is 11.5. The number of para-hydroxylation sites is 2. The van der Waals surface area contributed by atoms with Crippen LogP contribution in [0.15, 0.2) is 162 Å². The number of benzene rings is 6. The first kappa shape index (κ1) is 31.0. The Morgan fingerprint density at radius 2 is 1.23 bits per heavy atom. The van der Waals surface area contributed by atoms with Crippen LogP contribution in [0.25, 0.3) is 67.2 Å². The monoisotopic (exact) mass is 800 g/mol. The Morgan fingerprint density at radius 1 is 0.562 bits per heavy atom. The molecule has 0 atom stereocenters.